The van der Waals surface area contributed by atoms with E-state index in [4.69, 9.17) is 18.9 Å². The van der Waals surface area contributed by atoms with Gasteiger partial charge in [-0.2, -0.15) is 0 Å². The summed E-state index contributed by atoms with van der Waals surface area (Å²) in [4.78, 5) is 58.1. The number of hydrogen-bond donors (Lipinski definition) is 0. The molecule has 264 valence electrons. The van der Waals surface area contributed by atoms with Crippen LogP contribution in [-0.4, -0.2) is 112 Å². The number of hydrogen-bond acceptors (Lipinski definition) is 11. The van der Waals surface area contributed by atoms with E-state index in [9.17, 15) is 19.2 Å². The fourth-order valence-electron chi connectivity index (χ4n) is 6.36. The fourth-order valence-corrected chi connectivity index (χ4v) is 7.45. The lowest BCUT2D eigenvalue weighted by atomic mass is 9.92. The van der Waals surface area contributed by atoms with E-state index in [2.05, 4.69) is 65.4 Å². The Labute approximate surface area is 296 Å². The summed E-state index contributed by atoms with van der Waals surface area (Å²) in [5, 5.41) is 0. The average Bonchev–Trinajstić information content (AvgIpc) is 3.36. The molecule has 11 nitrogen and oxygen atoms in total. The number of Topliss-reactive ketones (excluding diaryl/α,β-unsaturated/α-hetero) is 2. The number of anilines is 2. The number of ketones is 2. The van der Waals surface area contributed by atoms with Gasteiger partial charge in [0.2, 0.25) is 0 Å². The van der Waals surface area contributed by atoms with Gasteiger partial charge in [-0.3, -0.25) is 24.1 Å². The van der Waals surface area contributed by atoms with E-state index in [-0.39, 0.29) is 42.8 Å². The van der Waals surface area contributed by atoms with Crippen LogP contribution < -0.4 is 9.64 Å². The minimum Gasteiger partial charge on any atom is -0.491 e. The van der Waals surface area contributed by atoms with Gasteiger partial charge in [0.05, 0.1) is 74.6 Å². The zero-order valence-corrected chi connectivity index (χ0v) is 29.2. The van der Waals surface area contributed by atoms with E-state index < -0.39 is 23.6 Å². The summed E-state index contributed by atoms with van der Waals surface area (Å²) < 4.78 is 22.7. The van der Waals surface area contributed by atoms with Crippen molar-refractivity contribution in [1.29, 1.82) is 0 Å². The van der Waals surface area contributed by atoms with Crippen LogP contribution in [0.3, 0.4) is 0 Å². The summed E-state index contributed by atoms with van der Waals surface area (Å²) in [7, 11) is 2.12. The van der Waals surface area contributed by atoms with Gasteiger partial charge in [0, 0.05) is 29.3 Å². The van der Waals surface area contributed by atoms with Gasteiger partial charge < -0.3 is 28.7 Å². The zero-order valence-electron chi connectivity index (χ0n) is 28.3. The number of ether oxygens (including phenoxy) is 4. The topological polar surface area (TPSA) is 115 Å². The molecule has 1 unspecified atom stereocenters. The predicted molar refractivity (Wildman–Crippen MR) is 189 cm³/mol. The van der Waals surface area contributed by atoms with Gasteiger partial charge in [0.1, 0.15) is 18.1 Å². The highest BCUT2D eigenvalue weighted by atomic mass is 32.2. The van der Waals surface area contributed by atoms with E-state index >= 15 is 0 Å². The van der Waals surface area contributed by atoms with Gasteiger partial charge in [-0.25, -0.2) is 0 Å². The molecule has 50 heavy (non-hydrogen) atoms. The second-order valence-electron chi connectivity index (χ2n) is 12.5. The molecule has 3 aromatic rings. The molecule has 12 heteroatoms. The van der Waals surface area contributed by atoms with Crippen LogP contribution in [0, 0.1) is 0 Å². The van der Waals surface area contributed by atoms with Crippen LogP contribution >= 0.6 is 11.8 Å². The van der Waals surface area contributed by atoms with Crippen molar-refractivity contribution in [2.75, 3.05) is 77.8 Å². The highest BCUT2D eigenvalue weighted by Gasteiger charge is 2.44. The van der Waals surface area contributed by atoms with Crippen molar-refractivity contribution in [2.45, 2.75) is 41.5 Å². The van der Waals surface area contributed by atoms with E-state index in [1.807, 2.05) is 11.8 Å². The molecule has 1 saturated carbocycles. The quantitative estimate of drug-likeness (QED) is 0.101. The molecule has 1 atom stereocenters. The maximum atomic E-state index is 13.0. The molecule has 0 aromatic heterocycles. The number of likely N-dealkylation sites (N-methyl/N-ethyl adjacent to an activating group) is 1. The Bertz CT molecular complexity index is 1650. The summed E-state index contributed by atoms with van der Waals surface area (Å²) in [6.07, 6.45) is 1.15. The van der Waals surface area contributed by atoms with Crippen molar-refractivity contribution in [3.8, 4) is 5.75 Å². The smallest absolute Gasteiger partial charge is 0.262 e. The molecule has 3 aromatic carbocycles. The number of rotatable bonds is 18. The van der Waals surface area contributed by atoms with Gasteiger partial charge in [0.15, 0.2) is 5.78 Å². The maximum absolute atomic E-state index is 13.0. The summed E-state index contributed by atoms with van der Waals surface area (Å²) in [5.74, 6) is -1.17. The van der Waals surface area contributed by atoms with E-state index in [1.165, 1.54) is 33.3 Å². The molecule has 0 N–H and O–H groups in total. The van der Waals surface area contributed by atoms with E-state index in [0.717, 1.165) is 31.0 Å². The number of carbonyl (C=O) groups excluding carboxylic acids is 4. The van der Waals surface area contributed by atoms with Crippen molar-refractivity contribution in [3.63, 3.8) is 0 Å². The minimum absolute atomic E-state index is 0.163. The third-order valence-corrected chi connectivity index (χ3v) is 10.1. The first-order chi connectivity index (χ1) is 24.4. The SMILES string of the molecule is CN(CCCN1c2ccccc2Sc2ccccc21)CCOCCOCCOCCOc1ccc2c(c1)C(=O)N(C1CCC(=O)CC1=O)C2=O. The maximum Gasteiger partial charge on any atom is 0.262 e. The number of fused-ring (bicyclic) bond motifs is 3. The molecule has 6 rings (SSSR count). The number of carbonyl (C=O) groups is 4. The molecule has 2 aliphatic heterocycles. The van der Waals surface area contributed by atoms with Gasteiger partial charge in [0.25, 0.3) is 11.8 Å². The van der Waals surface area contributed by atoms with Crippen molar-refractivity contribution >= 4 is 46.5 Å². The van der Waals surface area contributed by atoms with Crippen LogP contribution in [0.1, 0.15) is 46.4 Å². The Hall–Kier alpha value is -4.07. The van der Waals surface area contributed by atoms with Crippen LogP contribution in [0.4, 0.5) is 11.4 Å². The lowest BCUT2D eigenvalue weighted by Crippen LogP contribution is -2.47. The first-order valence-electron chi connectivity index (χ1n) is 17.1. The van der Waals surface area contributed by atoms with Crippen LogP contribution in [-0.2, 0) is 23.8 Å². The summed E-state index contributed by atoms with van der Waals surface area (Å²) >= 11 is 1.83. The lowest BCUT2D eigenvalue weighted by molar-refractivity contribution is -0.132. The van der Waals surface area contributed by atoms with E-state index in [1.54, 1.807) is 6.07 Å². The summed E-state index contributed by atoms with van der Waals surface area (Å²) in [6.45, 7) is 5.82. The molecule has 2 amide bonds. The van der Waals surface area contributed by atoms with Gasteiger partial charge in [-0.1, -0.05) is 36.0 Å². The number of amides is 2. The Morgan fingerprint density at radius 2 is 1.36 bits per heavy atom. The fraction of sp³-hybridized carbons (Fsp3) is 0.421. The number of benzene rings is 3. The highest BCUT2D eigenvalue weighted by molar-refractivity contribution is 7.99. The number of para-hydroxylation sites is 2. The standard InChI is InChI=1S/C38H43N3O8S/c1-39(15-6-16-40-32-7-2-4-9-35(32)50-36-10-5-3-8-33(36)40)17-18-46-19-20-47-21-22-48-23-24-49-28-12-13-29-30(26-28)38(45)41(37(29)44)31-14-11-27(42)25-34(31)43/h2-5,7-10,12-13,26,31H,6,11,14-25H2,1H3. The molecule has 0 saturated heterocycles. The van der Waals surface area contributed by atoms with Crippen LogP contribution in [0.25, 0.3) is 0 Å². The second kappa shape index (κ2) is 17.2. The largest absolute Gasteiger partial charge is 0.491 e. The first kappa shape index (κ1) is 35.7. The molecule has 3 aliphatic rings. The predicted octanol–water partition coefficient (Wildman–Crippen LogP) is 5.03. The van der Waals surface area contributed by atoms with Crippen LogP contribution in [0.5, 0.6) is 5.75 Å². The number of nitrogens with zero attached hydrogens (tertiary/aromatic N) is 3. The number of imide groups is 1. The third-order valence-electron chi connectivity index (χ3n) is 8.95. The van der Waals surface area contributed by atoms with Crippen LogP contribution in [0.15, 0.2) is 76.5 Å². The van der Waals surface area contributed by atoms with Gasteiger partial charge in [-0.15, -0.1) is 0 Å². The Morgan fingerprint density at radius 1 is 0.740 bits per heavy atom. The zero-order chi connectivity index (χ0) is 34.9. The molecule has 1 fully saturated rings. The molecular formula is C38H43N3O8S. The monoisotopic (exact) mass is 701 g/mol. The van der Waals surface area contributed by atoms with E-state index in [0.29, 0.717) is 45.4 Å². The Morgan fingerprint density at radius 3 is 2.04 bits per heavy atom. The highest BCUT2D eigenvalue weighted by Crippen LogP contribution is 2.47. The van der Waals surface area contributed by atoms with Crippen LogP contribution in [0.2, 0.25) is 0 Å². The normalized spacial score (nSPS) is 17.0. The molecule has 0 radical (unpaired) electrons. The lowest BCUT2D eigenvalue weighted by Gasteiger charge is -2.33. The summed E-state index contributed by atoms with van der Waals surface area (Å²) in [5.41, 5.74) is 2.99. The summed E-state index contributed by atoms with van der Waals surface area (Å²) in [6, 6.07) is 21.0. The second-order valence-corrected chi connectivity index (χ2v) is 13.5. The van der Waals surface area contributed by atoms with Crippen molar-refractivity contribution in [3.05, 3.63) is 77.9 Å². The average molecular weight is 702 g/mol. The molecule has 2 heterocycles. The molecular weight excluding hydrogens is 658 g/mol. The molecule has 1 aliphatic carbocycles. The first-order valence-corrected chi connectivity index (χ1v) is 18.0. The van der Waals surface area contributed by atoms with Gasteiger partial charge >= 0.3 is 0 Å². The Kier molecular flexibility index (Phi) is 12.3. The third kappa shape index (κ3) is 8.62. The van der Waals surface area contributed by atoms with Crippen molar-refractivity contribution in [2.24, 2.45) is 0 Å². The van der Waals surface area contributed by atoms with Crippen molar-refractivity contribution < 1.29 is 38.1 Å². The van der Waals surface area contributed by atoms with Gasteiger partial charge in [-0.05, 0) is 68.9 Å². The molecule has 0 spiro atoms. The Balaban J connectivity index is 0.788. The molecule has 0 bridgehead atoms. The minimum atomic E-state index is -0.892. The van der Waals surface area contributed by atoms with Crippen molar-refractivity contribution in [1.82, 2.24) is 9.80 Å².